The van der Waals surface area contributed by atoms with Crippen molar-refractivity contribution in [3.63, 3.8) is 0 Å². The van der Waals surface area contributed by atoms with Crippen molar-refractivity contribution in [1.82, 2.24) is 10.9 Å². The van der Waals surface area contributed by atoms with Gasteiger partial charge in [0, 0.05) is 11.3 Å². The van der Waals surface area contributed by atoms with Gasteiger partial charge in [-0.2, -0.15) is 0 Å². The fourth-order valence-electron chi connectivity index (χ4n) is 1.90. The highest BCUT2D eigenvalue weighted by atomic mass is 32.1. The zero-order valence-corrected chi connectivity index (χ0v) is 13.9. The molecule has 0 aliphatic heterocycles. The Morgan fingerprint density at radius 1 is 1.09 bits per heavy atom. The van der Waals surface area contributed by atoms with Crippen LogP contribution in [-0.2, 0) is 4.79 Å². The van der Waals surface area contributed by atoms with Crippen LogP contribution >= 0.6 is 11.3 Å². The number of thiophene rings is 1. The lowest BCUT2D eigenvalue weighted by molar-refractivity contribution is -0.122. The van der Waals surface area contributed by atoms with E-state index in [-0.39, 0.29) is 17.6 Å². The smallest absolute Gasteiger partial charge is 0.273 e. The standard InChI is InChI=1S/C17H19FN2O2S/c1-11(2)3-10-16(21)19-20-17(22)15-9-8-14(23-15)12-4-6-13(18)7-5-12/h4-9,11H,3,10H2,1-2H3,(H,19,21)(H,20,22). The predicted molar refractivity (Wildman–Crippen MR) is 89.4 cm³/mol. The Balaban J connectivity index is 1.91. The summed E-state index contributed by atoms with van der Waals surface area (Å²) in [5, 5.41) is 0. The first kappa shape index (κ1) is 17.1. The number of hydrogen-bond acceptors (Lipinski definition) is 3. The van der Waals surface area contributed by atoms with E-state index in [1.54, 1.807) is 24.3 Å². The number of nitrogens with one attached hydrogen (secondary N) is 2. The average Bonchev–Trinajstić information content (AvgIpc) is 3.01. The third kappa shape index (κ3) is 5.17. The molecule has 1 aromatic carbocycles. The molecule has 0 aliphatic rings. The Morgan fingerprint density at radius 2 is 1.78 bits per heavy atom. The summed E-state index contributed by atoms with van der Waals surface area (Å²) in [6.07, 6.45) is 1.15. The maximum atomic E-state index is 12.9. The summed E-state index contributed by atoms with van der Waals surface area (Å²) in [4.78, 5) is 24.9. The minimum Gasteiger partial charge on any atom is -0.273 e. The van der Waals surface area contributed by atoms with Crippen LogP contribution in [0.5, 0.6) is 0 Å². The van der Waals surface area contributed by atoms with E-state index in [1.807, 2.05) is 13.8 Å². The van der Waals surface area contributed by atoms with Gasteiger partial charge < -0.3 is 0 Å². The van der Waals surface area contributed by atoms with Crippen molar-refractivity contribution >= 4 is 23.2 Å². The van der Waals surface area contributed by atoms with Gasteiger partial charge in [0.1, 0.15) is 5.82 Å². The number of carbonyl (C=O) groups excluding carboxylic acids is 2. The molecule has 2 rings (SSSR count). The molecule has 122 valence electrons. The Kier molecular flexibility index (Phi) is 5.87. The molecule has 0 radical (unpaired) electrons. The SMILES string of the molecule is CC(C)CCC(=O)NNC(=O)c1ccc(-c2ccc(F)cc2)s1. The second-order valence-corrected chi connectivity index (χ2v) is 6.69. The first-order valence-electron chi connectivity index (χ1n) is 7.40. The first-order chi connectivity index (χ1) is 11.0. The summed E-state index contributed by atoms with van der Waals surface area (Å²) in [5.74, 6) is -0.428. The second kappa shape index (κ2) is 7.87. The van der Waals surface area contributed by atoms with Gasteiger partial charge in [-0.1, -0.05) is 26.0 Å². The number of halogens is 1. The lowest BCUT2D eigenvalue weighted by Gasteiger charge is -2.07. The molecule has 0 saturated carbocycles. The van der Waals surface area contributed by atoms with Crippen molar-refractivity contribution in [2.24, 2.45) is 5.92 Å². The third-order valence-electron chi connectivity index (χ3n) is 3.22. The van der Waals surface area contributed by atoms with Crippen LogP contribution in [0, 0.1) is 11.7 Å². The molecule has 0 spiro atoms. The second-order valence-electron chi connectivity index (χ2n) is 5.61. The first-order valence-corrected chi connectivity index (χ1v) is 8.22. The normalized spacial score (nSPS) is 10.6. The van der Waals surface area contributed by atoms with E-state index >= 15 is 0 Å². The van der Waals surface area contributed by atoms with Crippen LogP contribution in [0.1, 0.15) is 36.4 Å². The van der Waals surface area contributed by atoms with Crippen LogP contribution in [0.25, 0.3) is 10.4 Å². The van der Waals surface area contributed by atoms with E-state index in [1.165, 1.54) is 23.5 Å². The van der Waals surface area contributed by atoms with Crippen molar-refractivity contribution in [3.05, 3.63) is 47.1 Å². The molecule has 1 heterocycles. The topological polar surface area (TPSA) is 58.2 Å². The van der Waals surface area contributed by atoms with E-state index < -0.39 is 0 Å². The maximum absolute atomic E-state index is 12.9. The summed E-state index contributed by atoms with van der Waals surface area (Å²) >= 11 is 1.28. The van der Waals surface area contributed by atoms with Crippen LogP contribution in [-0.4, -0.2) is 11.8 Å². The van der Waals surface area contributed by atoms with Gasteiger partial charge in [-0.05, 0) is 42.2 Å². The van der Waals surface area contributed by atoms with Gasteiger partial charge in [-0.15, -0.1) is 11.3 Å². The molecule has 6 heteroatoms. The fourth-order valence-corrected chi connectivity index (χ4v) is 2.81. The Labute approximate surface area is 138 Å². The molecule has 0 bridgehead atoms. The molecular weight excluding hydrogens is 315 g/mol. The van der Waals surface area contributed by atoms with Crippen LogP contribution in [0.15, 0.2) is 36.4 Å². The van der Waals surface area contributed by atoms with E-state index in [4.69, 9.17) is 0 Å². The number of rotatable bonds is 5. The predicted octanol–water partition coefficient (Wildman–Crippen LogP) is 3.75. The fraction of sp³-hybridized carbons (Fsp3) is 0.294. The summed E-state index contributed by atoms with van der Waals surface area (Å²) in [6.45, 7) is 4.07. The molecule has 23 heavy (non-hydrogen) atoms. The summed E-state index contributed by atoms with van der Waals surface area (Å²) in [7, 11) is 0. The number of hydrogen-bond donors (Lipinski definition) is 2. The summed E-state index contributed by atoms with van der Waals surface area (Å²) in [6, 6.07) is 9.56. The molecular formula is C17H19FN2O2S. The highest BCUT2D eigenvalue weighted by Gasteiger charge is 2.11. The van der Waals surface area contributed by atoms with Crippen LogP contribution in [0.4, 0.5) is 4.39 Å². The largest absolute Gasteiger partial charge is 0.279 e. The van der Waals surface area contributed by atoms with E-state index in [2.05, 4.69) is 10.9 Å². The molecule has 0 fully saturated rings. The minimum atomic E-state index is -0.360. The average molecular weight is 334 g/mol. The van der Waals surface area contributed by atoms with Gasteiger partial charge in [0.15, 0.2) is 0 Å². The van der Waals surface area contributed by atoms with Gasteiger partial charge in [-0.25, -0.2) is 4.39 Å². The van der Waals surface area contributed by atoms with Crippen molar-refractivity contribution in [2.45, 2.75) is 26.7 Å². The van der Waals surface area contributed by atoms with Gasteiger partial charge >= 0.3 is 0 Å². The summed E-state index contributed by atoms with van der Waals surface area (Å²) in [5.41, 5.74) is 5.66. The Hall–Kier alpha value is -2.21. The quantitative estimate of drug-likeness (QED) is 0.818. The Morgan fingerprint density at radius 3 is 2.43 bits per heavy atom. The third-order valence-corrected chi connectivity index (χ3v) is 4.36. The maximum Gasteiger partial charge on any atom is 0.279 e. The molecule has 1 aromatic heterocycles. The zero-order chi connectivity index (χ0) is 16.8. The number of hydrazine groups is 1. The molecule has 2 amide bonds. The van der Waals surface area contributed by atoms with Crippen molar-refractivity contribution in [3.8, 4) is 10.4 Å². The van der Waals surface area contributed by atoms with Crippen molar-refractivity contribution in [2.75, 3.05) is 0 Å². The number of carbonyl (C=O) groups is 2. The molecule has 0 atom stereocenters. The lowest BCUT2D eigenvalue weighted by Crippen LogP contribution is -2.41. The molecule has 2 aromatic rings. The summed E-state index contributed by atoms with van der Waals surface area (Å²) < 4.78 is 12.9. The number of amides is 2. The van der Waals surface area contributed by atoms with Gasteiger partial charge in [0.25, 0.3) is 5.91 Å². The van der Waals surface area contributed by atoms with Gasteiger partial charge in [0.05, 0.1) is 4.88 Å². The zero-order valence-electron chi connectivity index (χ0n) is 13.1. The molecule has 2 N–H and O–H groups in total. The van der Waals surface area contributed by atoms with Gasteiger partial charge in [0.2, 0.25) is 5.91 Å². The van der Waals surface area contributed by atoms with Crippen molar-refractivity contribution in [1.29, 1.82) is 0 Å². The highest BCUT2D eigenvalue weighted by molar-refractivity contribution is 7.17. The molecule has 0 unspecified atom stereocenters. The highest BCUT2D eigenvalue weighted by Crippen LogP contribution is 2.28. The van der Waals surface area contributed by atoms with E-state index in [0.29, 0.717) is 17.2 Å². The van der Waals surface area contributed by atoms with E-state index in [0.717, 1.165) is 16.9 Å². The lowest BCUT2D eigenvalue weighted by atomic mass is 10.1. The monoisotopic (exact) mass is 334 g/mol. The van der Waals surface area contributed by atoms with Crippen LogP contribution in [0.2, 0.25) is 0 Å². The minimum absolute atomic E-state index is 0.206. The number of benzene rings is 1. The van der Waals surface area contributed by atoms with Crippen molar-refractivity contribution < 1.29 is 14.0 Å². The molecule has 4 nitrogen and oxygen atoms in total. The van der Waals surface area contributed by atoms with E-state index in [9.17, 15) is 14.0 Å². The molecule has 0 aliphatic carbocycles. The van der Waals surface area contributed by atoms with Crippen LogP contribution < -0.4 is 10.9 Å². The van der Waals surface area contributed by atoms with Gasteiger partial charge in [-0.3, -0.25) is 20.4 Å². The van der Waals surface area contributed by atoms with Crippen LogP contribution in [0.3, 0.4) is 0 Å². The molecule has 0 saturated heterocycles. The Bertz CT molecular complexity index is 680.